The largest absolute Gasteiger partial charge is 0.465 e. The fourth-order valence-corrected chi connectivity index (χ4v) is 3.69. The Morgan fingerprint density at radius 1 is 1.00 bits per heavy atom. The van der Waals surface area contributed by atoms with E-state index in [0.717, 1.165) is 16.3 Å². The van der Waals surface area contributed by atoms with Gasteiger partial charge in [-0.2, -0.15) is 0 Å². The van der Waals surface area contributed by atoms with Crippen LogP contribution in [0.2, 0.25) is 0 Å². The van der Waals surface area contributed by atoms with Crippen LogP contribution in [0.1, 0.15) is 19.4 Å². The molecule has 0 unspecified atom stereocenters. The standard InChI is InChI=1S/C18H21NO4S/c1-3-15-10-12-16(13-11-15)19(14-18(20)23-4-2)24(21,22)17-8-6-5-7-9-17/h5-13H,3-4,14H2,1-2H3. The molecule has 2 aromatic rings. The highest BCUT2D eigenvalue weighted by atomic mass is 32.2. The minimum absolute atomic E-state index is 0.133. The smallest absolute Gasteiger partial charge is 0.326 e. The van der Waals surface area contributed by atoms with Gasteiger partial charge in [-0.15, -0.1) is 0 Å². The maximum Gasteiger partial charge on any atom is 0.326 e. The molecule has 6 heteroatoms. The highest BCUT2D eigenvalue weighted by Crippen LogP contribution is 2.24. The van der Waals surface area contributed by atoms with Gasteiger partial charge in [0.25, 0.3) is 10.0 Å². The molecule has 0 N–H and O–H groups in total. The van der Waals surface area contributed by atoms with Crippen LogP contribution in [-0.2, 0) is 26.0 Å². The van der Waals surface area contributed by atoms with Crippen molar-refractivity contribution in [1.82, 2.24) is 0 Å². The molecule has 0 aliphatic rings. The third kappa shape index (κ3) is 4.14. The van der Waals surface area contributed by atoms with Crippen molar-refractivity contribution < 1.29 is 17.9 Å². The fraction of sp³-hybridized carbons (Fsp3) is 0.278. The van der Waals surface area contributed by atoms with E-state index in [1.165, 1.54) is 12.1 Å². The van der Waals surface area contributed by atoms with E-state index >= 15 is 0 Å². The number of carbonyl (C=O) groups is 1. The van der Waals surface area contributed by atoms with Crippen LogP contribution < -0.4 is 4.31 Å². The third-order valence-corrected chi connectivity index (χ3v) is 5.33. The van der Waals surface area contributed by atoms with E-state index in [0.29, 0.717) is 5.69 Å². The van der Waals surface area contributed by atoms with E-state index in [1.807, 2.05) is 19.1 Å². The second kappa shape index (κ2) is 7.97. The lowest BCUT2D eigenvalue weighted by atomic mass is 10.1. The molecule has 0 atom stereocenters. The molecule has 5 nitrogen and oxygen atoms in total. The van der Waals surface area contributed by atoms with Gasteiger partial charge in [0.2, 0.25) is 0 Å². The lowest BCUT2D eigenvalue weighted by Gasteiger charge is -2.23. The number of nitrogens with zero attached hydrogens (tertiary/aromatic N) is 1. The Labute approximate surface area is 142 Å². The van der Waals surface area contributed by atoms with Gasteiger partial charge in [0.1, 0.15) is 6.54 Å². The molecule has 0 fully saturated rings. The van der Waals surface area contributed by atoms with Gasteiger partial charge in [-0.25, -0.2) is 8.42 Å². The Balaban J connectivity index is 2.43. The maximum absolute atomic E-state index is 12.9. The molecule has 128 valence electrons. The minimum Gasteiger partial charge on any atom is -0.465 e. The van der Waals surface area contributed by atoms with Crippen LogP contribution in [0.15, 0.2) is 59.5 Å². The van der Waals surface area contributed by atoms with E-state index in [9.17, 15) is 13.2 Å². The van der Waals surface area contributed by atoms with Gasteiger partial charge >= 0.3 is 5.97 Å². The van der Waals surface area contributed by atoms with E-state index < -0.39 is 16.0 Å². The topological polar surface area (TPSA) is 63.7 Å². The summed E-state index contributed by atoms with van der Waals surface area (Å²) in [4.78, 5) is 12.0. The number of hydrogen-bond acceptors (Lipinski definition) is 4. The first-order valence-electron chi connectivity index (χ1n) is 7.81. The number of ether oxygens (including phenoxy) is 1. The normalized spacial score (nSPS) is 11.1. The van der Waals surface area contributed by atoms with E-state index in [-0.39, 0.29) is 18.0 Å². The molecule has 0 radical (unpaired) electrons. The second-order valence-electron chi connectivity index (χ2n) is 5.15. The first-order valence-corrected chi connectivity index (χ1v) is 9.25. The Morgan fingerprint density at radius 3 is 2.17 bits per heavy atom. The van der Waals surface area contributed by atoms with Gasteiger partial charge in [-0.05, 0) is 43.2 Å². The van der Waals surface area contributed by atoms with Crippen LogP contribution >= 0.6 is 0 Å². The minimum atomic E-state index is -3.85. The molecule has 0 saturated heterocycles. The number of benzene rings is 2. The van der Waals surface area contributed by atoms with Crippen LogP contribution in [0.4, 0.5) is 5.69 Å². The molecule has 0 heterocycles. The number of carbonyl (C=O) groups excluding carboxylic acids is 1. The Bertz CT molecular complexity index is 770. The van der Waals surface area contributed by atoms with Crippen LogP contribution in [-0.4, -0.2) is 27.5 Å². The molecule has 2 rings (SSSR count). The molecule has 0 aromatic heterocycles. The van der Waals surface area contributed by atoms with E-state index in [4.69, 9.17) is 4.74 Å². The summed E-state index contributed by atoms with van der Waals surface area (Å²) in [5.74, 6) is -0.587. The van der Waals surface area contributed by atoms with Crippen molar-refractivity contribution in [3.63, 3.8) is 0 Å². The summed E-state index contributed by atoms with van der Waals surface area (Å²) in [6, 6.07) is 15.2. The molecule has 0 aliphatic heterocycles. The zero-order valence-electron chi connectivity index (χ0n) is 13.8. The lowest BCUT2D eigenvalue weighted by Crippen LogP contribution is -2.36. The van der Waals surface area contributed by atoms with Crippen molar-refractivity contribution in [1.29, 1.82) is 0 Å². The van der Waals surface area contributed by atoms with Crippen LogP contribution in [0.3, 0.4) is 0 Å². The van der Waals surface area contributed by atoms with Crippen molar-refractivity contribution >= 4 is 21.7 Å². The average molecular weight is 347 g/mol. The van der Waals surface area contributed by atoms with Gasteiger partial charge in [-0.1, -0.05) is 37.3 Å². The predicted molar refractivity (Wildman–Crippen MR) is 93.4 cm³/mol. The summed E-state index contributed by atoms with van der Waals surface area (Å²) in [7, 11) is -3.85. The number of rotatable bonds is 7. The van der Waals surface area contributed by atoms with Crippen molar-refractivity contribution in [2.45, 2.75) is 25.2 Å². The van der Waals surface area contributed by atoms with Crippen molar-refractivity contribution in [3.05, 3.63) is 60.2 Å². The Kier molecular flexibility index (Phi) is 5.98. The summed E-state index contributed by atoms with van der Waals surface area (Å²) in [5.41, 5.74) is 1.52. The summed E-state index contributed by atoms with van der Waals surface area (Å²) < 4.78 is 31.9. The van der Waals surface area contributed by atoms with E-state index in [2.05, 4.69) is 0 Å². The molecular weight excluding hydrogens is 326 g/mol. The van der Waals surface area contributed by atoms with Gasteiger partial charge in [-0.3, -0.25) is 9.10 Å². The lowest BCUT2D eigenvalue weighted by molar-refractivity contribution is -0.141. The second-order valence-corrected chi connectivity index (χ2v) is 7.01. The number of esters is 1. The molecule has 2 aromatic carbocycles. The molecule has 0 spiro atoms. The van der Waals surface area contributed by atoms with Gasteiger partial charge in [0, 0.05) is 0 Å². The van der Waals surface area contributed by atoms with Crippen molar-refractivity contribution in [2.24, 2.45) is 0 Å². The number of sulfonamides is 1. The number of hydrogen-bond donors (Lipinski definition) is 0. The molecule has 0 aliphatic carbocycles. The number of aryl methyl sites for hydroxylation is 1. The maximum atomic E-state index is 12.9. The highest BCUT2D eigenvalue weighted by Gasteiger charge is 2.27. The predicted octanol–water partition coefficient (Wildman–Crippen LogP) is 3.01. The van der Waals surface area contributed by atoms with Gasteiger partial charge in [0.15, 0.2) is 0 Å². The highest BCUT2D eigenvalue weighted by molar-refractivity contribution is 7.92. The number of anilines is 1. The quantitative estimate of drug-likeness (QED) is 0.722. The summed E-state index contributed by atoms with van der Waals surface area (Å²) in [5, 5.41) is 0. The Hall–Kier alpha value is -2.34. The summed E-state index contributed by atoms with van der Waals surface area (Å²) >= 11 is 0. The van der Waals surface area contributed by atoms with Crippen molar-refractivity contribution in [2.75, 3.05) is 17.5 Å². The van der Waals surface area contributed by atoms with Crippen LogP contribution in [0.5, 0.6) is 0 Å². The first-order chi connectivity index (χ1) is 11.5. The molecule has 0 bridgehead atoms. The SMILES string of the molecule is CCOC(=O)CN(c1ccc(CC)cc1)S(=O)(=O)c1ccccc1. The summed E-state index contributed by atoms with van der Waals surface area (Å²) in [6.45, 7) is 3.54. The van der Waals surface area contributed by atoms with Crippen molar-refractivity contribution in [3.8, 4) is 0 Å². The van der Waals surface area contributed by atoms with Gasteiger partial charge < -0.3 is 4.74 Å². The molecular formula is C18H21NO4S. The molecule has 0 saturated carbocycles. The van der Waals surface area contributed by atoms with Crippen LogP contribution in [0.25, 0.3) is 0 Å². The fourth-order valence-electron chi connectivity index (χ4n) is 2.26. The average Bonchev–Trinajstić information content (AvgIpc) is 2.61. The molecule has 0 amide bonds. The van der Waals surface area contributed by atoms with E-state index in [1.54, 1.807) is 37.3 Å². The zero-order valence-corrected chi connectivity index (χ0v) is 14.6. The van der Waals surface area contributed by atoms with Crippen LogP contribution in [0, 0.1) is 0 Å². The first kappa shape index (κ1) is 18.0. The van der Waals surface area contributed by atoms with Gasteiger partial charge in [0.05, 0.1) is 17.2 Å². The monoisotopic (exact) mass is 347 g/mol. The Morgan fingerprint density at radius 2 is 1.62 bits per heavy atom. The summed E-state index contributed by atoms with van der Waals surface area (Å²) in [6.07, 6.45) is 0.851. The molecule has 24 heavy (non-hydrogen) atoms. The zero-order chi connectivity index (χ0) is 17.6. The third-order valence-electron chi connectivity index (χ3n) is 3.54.